The molecular formula is C60H108O6. The number of hydrogen-bond donors (Lipinski definition) is 0. The molecule has 0 aromatic heterocycles. The van der Waals surface area contributed by atoms with Gasteiger partial charge in [-0.3, -0.25) is 14.4 Å². The van der Waals surface area contributed by atoms with Gasteiger partial charge in [-0.15, -0.1) is 0 Å². The van der Waals surface area contributed by atoms with Crippen LogP contribution in [0.15, 0.2) is 48.6 Å². The zero-order chi connectivity index (χ0) is 47.9. The Bertz CT molecular complexity index is 1150. The Morgan fingerprint density at radius 3 is 0.909 bits per heavy atom. The van der Waals surface area contributed by atoms with Gasteiger partial charge in [-0.1, -0.05) is 249 Å². The molecule has 0 heterocycles. The summed E-state index contributed by atoms with van der Waals surface area (Å²) in [5.41, 5.74) is 0. The van der Waals surface area contributed by atoms with Crippen LogP contribution < -0.4 is 0 Å². The van der Waals surface area contributed by atoms with Gasteiger partial charge in [0.15, 0.2) is 6.10 Å². The van der Waals surface area contributed by atoms with E-state index in [1.54, 1.807) is 0 Å². The fourth-order valence-electron chi connectivity index (χ4n) is 8.20. The van der Waals surface area contributed by atoms with Crippen LogP contribution in [0.4, 0.5) is 0 Å². The van der Waals surface area contributed by atoms with Crippen molar-refractivity contribution in [1.82, 2.24) is 0 Å². The van der Waals surface area contributed by atoms with Crippen LogP contribution in [0.1, 0.15) is 297 Å². The summed E-state index contributed by atoms with van der Waals surface area (Å²) >= 11 is 0. The Balaban J connectivity index is 4.33. The normalized spacial score (nSPS) is 12.3. The molecule has 6 nitrogen and oxygen atoms in total. The van der Waals surface area contributed by atoms with Crippen molar-refractivity contribution in [3.05, 3.63) is 48.6 Å². The number of carbonyl (C=O) groups excluding carboxylic acids is 3. The number of allylic oxidation sites excluding steroid dienone is 8. The number of hydrogen-bond acceptors (Lipinski definition) is 6. The number of rotatable bonds is 52. The molecule has 66 heavy (non-hydrogen) atoms. The van der Waals surface area contributed by atoms with Crippen LogP contribution in [-0.4, -0.2) is 37.2 Å². The summed E-state index contributed by atoms with van der Waals surface area (Å²) < 4.78 is 16.8. The maximum atomic E-state index is 12.8. The van der Waals surface area contributed by atoms with Gasteiger partial charge in [0, 0.05) is 19.3 Å². The maximum Gasteiger partial charge on any atom is 0.306 e. The number of unbranched alkanes of at least 4 members (excludes halogenated alkanes) is 33. The molecule has 0 aliphatic rings. The first-order chi connectivity index (χ1) is 32.5. The molecule has 0 fully saturated rings. The molecule has 0 aromatic rings. The third kappa shape index (κ3) is 52.3. The van der Waals surface area contributed by atoms with E-state index in [4.69, 9.17) is 14.2 Å². The van der Waals surface area contributed by atoms with E-state index < -0.39 is 6.10 Å². The van der Waals surface area contributed by atoms with Crippen molar-refractivity contribution in [3.8, 4) is 0 Å². The molecule has 384 valence electrons. The van der Waals surface area contributed by atoms with Crippen LogP contribution in [-0.2, 0) is 28.6 Å². The van der Waals surface area contributed by atoms with Gasteiger partial charge in [0.1, 0.15) is 13.2 Å². The van der Waals surface area contributed by atoms with Gasteiger partial charge in [0.05, 0.1) is 0 Å². The first-order valence-corrected chi connectivity index (χ1v) is 28.6. The molecular weight excluding hydrogens is 817 g/mol. The third-order valence-corrected chi connectivity index (χ3v) is 12.6. The van der Waals surface area contributed by atoms with Crippen LogP contribution in [0.5, 0.6) is 0 Å². The predicted octanol–water partition coefficient (Wildman–Crippen LogP) is 19.0. The lowest BCUT2D eigenvalue weighted by Gasteiger charge is -2.18. The summed E-state index contributed by atoms with van der Waals surface area (Å²) in [6.45, 7) is 6.60. The molecule has 0 radical (unpaired) electrons. The molecule has 0 aliphatic carbocycles. The Morgan fingerprint density at radius 1 is 0.303 bits per heavy atom. The van der Waals surface area contributed by atoms with E-state index in [9.17, 15) is 14.4 Å². The van der Waals surface area contributed by atoms with Gasteiger partial charge in [-0.2, -0.15) is 0 Å². The van der Waals surface area contributed by atoms with Crippen molar-refractivity contribution in [2.75, 3.05) is 13.2 Å². The van der Waals surface area contributed by atoms with Crippen molar-refractivity contribution in [2.45, 2.75) is 303 Å². The minimum Gasteiger partial charge on any atom is -0.462 e. The number of ether oxygens (including phenoxy) is 3. The molecule has 0 saturated heterocycles. The fourth-order valence-corrected chi connectivity index (χ4v) is 8.20. The average Bonchev–Trinajstić information content (AvgIpc) is 3.31. The van der Waals surface area contributed by atoms with Crippen molar-refractivity contribution < 1.29 is 28.6 Å². The fraction of sp³-hybridized carbons (Fsp3) is 0.817. The lowest BCUT2D eigenvalue weighted by molar-refractivity contribution is -0.167. The highest BCUT2D eigenvalue weighted by molar-refractivity contribution is 5.71. The summed E-state index contributed by atoms with van der Waals surface area (Å²) in [5, 5.41) is 0. The number of carbonyl (C=O) groups is 3. The van der Waals surface area contributed by atoms with Crippen LogP contribution >= 0.6 is 0 Å². The lowest BCUT2D eigenvalue weighted by atomic mass is 10.0. The highest BCUT2D eigenvalue weighted by Gasteiger charge is 2.19. The van der Waals surface area contributed by atoms with Crippen molar-refractivity contribution in [2.24, 2.45) is 0 Å². The van der Waals surface area contributed by atoms with E-state index in [1.165, 1.54) is 173 Å². The molecule has 1 unspecified atom stereocenters. The summed E-state index contributed by atoms with van der Waals surface area (Å²) in [4.78, 5) is 38.1. The molecule has 0 aliphatic heterocycles. The Kier molecular flexibility index (Phi) is 52.8. The zero-order valence-electron chi connectivity index (χ0n) is 44.0. The van der Waals surface area contributed by atoms with E-state index >= 15 is 0 Å². The molecule has 0 spiro atoms. The SMILES string of the molecule is CCCC/C=C\CCCCCCCC(=O)OCC(COC(=O)CCCCCCCC/C=C\C/C=C\C/C=C\CCCCCCC)OC(=O)CCCCCCCCCCCCCCCCCC. The second-order valence-corrected chi connectivity index (χ2v) is 19.2. The molecule has 0 N–H and O–H groups in total. The highest BCUT2D eigenvalue weighted by Crippen LogP contribution is 2.16. The molecule has 0 saturated carbocycles. The topological polar surface area (TPSA) is 78.9 Å². The molecule has 1 atom stereocenters. The lowest BCUT2D eigenvalue weighted by Crippen LogP contribution is -2.30. The zero-order valence-corrected chi connectivity index (χ0v) is 44.0. The van der Waals surface area contributed by atoms with Crippen LogP contribution in [0, 0.1) is 0 Å². The Hall–Kier alpha value is -2.63. The summed E-state index contributed by atoms with van der Waals surface area (Å²) in [5.74, 6) is -0.888. The Labute approximate surface area is 409 Å². The standard InChI is InChI=1S/C60H108O6/c1-4-7-10-13-16-19-22-24-26-28-29-30-31-32-34-35-38-41-44-47-50-53-59(62)65-56-57(55-64-58(61)52-49-46-43-40-37-21-18-15-12-9-6-3)66-60(63)54-51-48-45-42-39-36-33-27-25-23-20-17-14-11-8-5-2/h15,18,22,24,28-29,31-32,57H,4-14,16-17,19-21,23,25-27,30,33-56H2,1-3H3/b18-15-,24-22-,29-28-,32-31-. The van der Waals surface area contributed by atoms with E-state index in [0.29, 0.717) is 19.3 Å². The van der Waals surface area contributed by atoms with Crippen LogP contribution in [0.3, 0.4) is 0 Å². The van der Waals surface area contributed by atoms with Gasteiger partial charge < -0.3 is 14.2 Å². The van der Waals surface area contributed by atoms with E-state index in [1.807, 2.05) is 0 Å². The second-order valence-electron chi connectivity index (χ2n) is 19.2. The smallest absolute Gasteiger partial charge is 0.306 e. The Morgan fingerprint density at radius 2 is 0.561 bits per heavy atom. The maximum absolute atomic E-state index is 12.8. The van der Waals surface area contributed by atoms with E-state index in [-0.39, 0.29) is 31.1 Å². The highest BCUT2D eigenvalue weighted by atomic mass is 16.6. The van der Waals surface area contributed by atoms with E-state index in [2.05, 4.69) is 69.4 Å². The summed E-state index contributed by atoms with van der Waals surface area (Å²) in [7, 11) is 0. The average molecular weight is 926 g/mol. The minimum atomic E-state index is -0.779. The molecule has 0 rings (SSSR count). The minimum absolute atomic E-state index is 0.0793. The van der Waals surface area contributed by atoms with Crippen molar-refractivity contribution in [3.63, 3.8) is 0 Å². The summed E-state index contributed by atoms with van der Waals surface area (Å²) in [6.07, 6.45) is 66.7. The van der Waals surface area contributed by atoms with Crippen LogP contribution in [0.25, 0.3) is 0 Å². The van der Waals surface area contributed by atoms with Gasteiger partial charge in [-0.25, -0.2) is 0 Å². The van der Waals surface area contributed by atoms with Crippen molar-refractivity contribution in [1.29, 1.82) is 0 Å². The van der Waals surface area contributed by atoms with Gasteiger partial charge in [0.2, 0.25) is 0 Å². The third-order valence-electron chi connectivity index (χ3n) is 12.6. The van der Waals surface area contributed by atoms with Crippen LogP contribution in [0.2, 0.25) is 0 Å². The second kappa shape index (κ2) is 55.0. The van der Waals surface area contributed by atoms with Gasteiger partial charge in [-0.05, 0) is 77.0 Å². The molecule has 0 bridgehead atoms. The first kappa shape index (κ1) is 63.4. The molecule has 6 heteroatoms. The monoisotopic (exact) mass is 925 g/mol. The molecule has 0 amide bonds. The summed E-state index contributed by atoms with van der Waals surface area (Å²) in [6, 6.07) is 0. The molecule has 0 aromatic carbocycles. The van der Waals surface area contributed by atoms with E-state index in [0.717, 1.165) is 83.5 Å². The first-order valence-electron chi connectivity index (χ1n) is 28.6. The predicted molar refractivity (Wildman–Crippen MR) is 284 cm³/mol. The van der Waals surface area contributed by atoms with Crippen molar-refractivity contribution >= 4 is 17.9 Å². The number of esters is 3. The van der Waals surface area contributed by atoms with Gasteiger partial charge >= 0.3 is 17.9 Å². The largest absolute Gasteiger partial charge is 0.462 e. The van der Waals surface area contributed by atoms with Gasteiger partial charge in [0.25, 0.3) is 0 Å². The quantitative estimate of drug-likeness (QED) is 0.0262.